The highest BCUT2D eigenvalue weighted by Crippen LogP contribution is 2.25. The lowest BCUT2D eigenvalue weighted by Crippen LogP contribution is -2.09. The highest BCUT2D eigenvalue weighted by Gasteiger charge is 2.14. The molecule has 3 nitrogen and oxygen atoms in total. The van der Waals surface area contributed by atoms with Crippen LogP contribution in [0.5, 0.6) is 5.75 Å². The molecule has 0 bridgehead atoms. The first kappa shape index (κ1) is 14.3. The van der Waals surface area contributed by atoms with E-state index in [4.69, 9.17) is 4.74 Å². The van der Waals surface area contributed by atoms with Gasteiger partial charge in [-0.3, -0.25) is 4.79 Å². The van der Waals surface area contributed by atoms with Crippen LogP contribution >= 0.6 is 0 Å². The summed E-state index contributed by atoms with van der Waals surface area (Å²) >= 11 is 0. The second kappa shape index (κ2) is 6.84. The topological polar surface area (TPSA) is 46.5 Å². The number of ether oxygens (including phenoxy) is 1. The largest absolute Gasteiger partial charge is 0.508 e. The molecule has 0 amide bonds. The highest BCUT2D eigenvalue weighted by molar-refractivity contribution is 5.71. The summed E-state index contributed by atoms with van der Waals surface area (Å²) in [5, 5.41) is 9.28. The molecule has 0 aliphatic carbocycles. The average Bonchev–Trinajstić information content (AvgIpc) is 2.28. The van der Waals surface area contributed by atoms with Gasteiger partial charge < -0.3 is 9.84 Å². The van der Waals surface area contributed by atoms with Gasteiger partial charge in [-0.1, -0.05) is 23.8 Å². The van der Waals surface area contributed by atoms with E-state index in [2.05, 4.69) is 0 Å². The van der Waals surface area contributed by atoms with Crippen molar-refractivity contribution in [1.82, 2.24) is 0 Å². The Kier molecular flexibility index (Phi) is 5.43. The van der Waals surface area contributed by atoms with Crippen LogP contribution in [0.25, 0.3) is 0 Å². The van der Waals surface area contributed by atoms with Crippen LogP contribution in [0.4, 0.5) is 0 Å². The number of carbonyl (C=O) groups excluding carboxylic acids is 1. The molecule has 1 atom stereocenters. The van der Waals surface area contributed by atoms with Crippen molar-refractivity contribution in [1.29, 1.82) is 0 Å². The summed E-state index contributed by atoms with van der Waals surface area (Å²) in [6, 6.07) is 6.93. The lowest BCUT2D eigenvalue weighted by molar-refractivity contribution is -0.143. The van der Waals surface area contributed by atoms with Gasteiger partial charge in [-0.2, -0.15) is 0 Å². The number of rotatable bonds is 5. The number of carbonyl (C=O) groups is 1. The predicted molar refractivity (Wildman–Crippen MR) is 71.5 cm³/mol. The molecule has 0 saturated carbocycles. The van der Waals surface area contributed by atoms with Crippen LogP contribution in [0.15, 0.2) is 35.9 Å². The molecule has 0 aliphatic rings. The molecule has 0 aromatic heterocycles. The summed E-state index contributed by atoms with van der Waals surface area (Å²) < 4.78 is 4.98. The second-order valence-corrected chi connectivity index (χ2v) is 4.45. The van der Waals surface area contributed by atoms with E-state index >= 15 is 0 Å². The lowest BCUT2D eigenvalue weighted by atomic mass is 9.94. The van der Waals surface area contributed by atoms with Crippen molar-refractivity contribution in [3.05, 3.63) is 41.5 Å². The van der Waals surface area contributed by atoms with Gasteiger partial charge in [0.05, 0.1) is 13.0 Å². The van der Waals surface area contributed by atoms with E-state index in [1.165, 1.54) is 0 Å². The zero-order chi connectivity index (χ0) is 13.5. The summed E-state index contributed by atoms with van der Waals surface area (Å²) in [6.07, 6.45) is 2.37. The minimum Gasteiger partial charge on any atom is -0.508 e. The van der Waals surface area contributed by atoms with E-state index in [-0.39, 0.29) is 17.6 Å². The van der Waals surface area contributed by atoms with Crippen LogP contribution in [-0.2, 0) is 9.53 Å². The highest BCUT2D eigenvalue weighted by atomic mass is 16.5. The molecule has 18 heavy (non-hydrogen) atoms. The predicted octanol–water partition coefficient (Wildman–Crippen LogP) is 3.40. The minimum atomic E-state index is -0.201. The fraction of sp³-hybridized carbons (Fsp3) is 0.400. The number of allylic oxidation sites excluding steroid dienone is 2. The number of benzene rings is 1. The Bertz CT molecular complexity index is 414. The van der Waals surface area contributed by atoms with Crippen LogP contribution in [0, 0.1) is 0 Å². The van der Waals surface area contributed by atoms with Gasteiger partial charge in [0.2, 0.25) is 0 Å². The maximum Gasteiger partial charge on any atom is 0.306 e. The van der Waals surface area contributed by atoms with E-state index in [1.54, 1.807) is 19.1 Å². The third-order valence-electron chi connectivity index (χ3n) is 2.55. The van der Waals surface area contributed by atoms with Crippen molar-refractivity contribution in [3.63, 3.8) is 0 Å². The molecule has 0 spiro atoms. The van der Waals surface area contributed by atoms with Gasteiger partial charge in [0.1, 0.15) is 5.75 Å². The summed E-state index contributed by atoms with van der Waals surface area (Å²) in [4.78, 5) is 11.6. The van der Waals surface area contributed by atoms with Crippen molar-refractivity contribution in [3.8, 4) is 5.75 Å². The normalized spacial score (nSPS) is 11.7. The molecule has 98 valence electrons. The van der Waals surface area contributed by atoms with Gasteiger partial charge in [-0.15, -0.1) is 0 Å². The van der Waals surface area contributed by atoms with Gasteiger partial charge in [0, 0.05) is 5.92 Å². The molecule has 0 radical (unpaired) electrons. The molecule has 1 rings (SSSR count). The van der Waals surface area contributed by atoms with Gasteiger partial charge in [0.15, 0.2) is 0 Å². The standard InChI is InChI=1S/C15H20O3/c1-4-18-15(17)10-13(9-11(2)3)12-5-7-14(16)8-6-12/h5-9,13,16H,4,10H2,1-3H3/t13-/m1/s1. The van der Waals surface area contributed by atoms with Crippen molar-refractivity contribution < 1.29 is 14.6 Å². The molecule has 1 aromatic rings. The number of aromatic hydroxyl groups is 1. The molecule has 1 aromatic carbocycles. The summed E-state index contributed by atoms with van der Waals surface area (Å²) in [5.41, 5.74) is 2.15. The summed E-state index contributed by atoms with van der Waals surface area (Å²) in [7, 11) is 0. The molecule has 3 heteroatoms. The monoisotopic (exact) mass is 248 g/mol. The number of phenols is 1. The summed E-state index contributed by atoms with van der Waals surface area (Å²) in [5.74, 6) is 0.0218. The number of phenolic OH excluding ortho intramolecular Hbond substituents is 1. The first-order valence-electron chi connectivity index (χ1n) is 6.12. The molecule has 0 saturated heterocycles. The van der Waals surface area contributed by atoms with Crippen molar-refractivity contribution in [2.75, 3.05) is 6.61 Å². The molecule has 0 fully saturated rings. The SMILES string of the molecule is CCOC(=O)C[C@@H](C=C(C)C)c1ccc(O)cc1. The first-order chi connectivity index (χ1) is 8.52. The van der Waals surface area contributed by atoms with Gasteiger partial charge in [0.25, 0.3) is 0 Å². The maximum atomic E-state index is 11.6. The van der Waals surface area contributed by atoms with Gasteiger partial charge in [-0.05, 0) is 38.5 Å². The van der Waals surface area contributed by atoms with Crippen LogP contribution in [0.2, 0.25) is 0 Å². The molecular weight excluding hydrogens is 228 g/mol. The Morgan fingerprint density at radius 1 is 1.33 bits per heavy atom. The third-order valence-corrected chi connectivity index (χ3v) is 2.55. The minimum absolute atomic E-state index is 0.00495. The molecule has 0 aliphatic heterocycles. The quantitative estimate of drug-likeness (QED) is 0.641. The Balaban J connectivity index is 2.88. The summed E-state index contributed by atoms with van der Waals surface area (Å²) in [6.45, 7) is 6.20. The van der Waals surface area contributed by atoms with Crippen LogP contribution in [-0.4, -0.2) is 17.7 Å². The van der Waals surface area contributed by atoms with E-state index in [1.807, 2.05) is 32.1 Å². The molecule has 1 N–H and O–H groups in total. The molecule has 0 heterocycles. The van der Waals surface area contributed by atoms with Crippen LogP contribution in [0.3, 0.4) is 0 Å². The molecule has 0 unspecified atom stereocenters. The lowest BCUT2D eigenvalue weighted by Gasteiger charge is -2.13. The van der Waals surface area contributed by atoms with E-state index in [0.717, 1.165) is 11.1 Å². The second-order valence-electron chi connectivity index (χ2n) is 4.45. The number of esters is 1. The Hall–Kier alpha value is -1.77. The van der Waals surface area contributed by atoms with Gasteiger partial charge >= 0.3 is 5.97 Å². The van der Waals surface area contributed by atoms with E-state index < -0.39 is 0 Å². The van der Waals surface area contributed by atoms with Crippen molar-refractivity contribution in [2.24, 2.45) is 0 Å². The van der Waals surface area contributed by atoms with E-state index in [9.17, 15) is 9.90 Å². The third kappa shape index (κ3) is 4.62. The molecular formula is C15H20O3. The van der Waals surface area contributed by atoms with Gasteiger partial charge in [-0.25, -0.2) is 0 Å². The van der Waals surface area contributed by atoms with E-state index in [0.29, 0.717) is 13.0 Å². The Morgan fingerprint density at radius 3 is 2.44 bits per heavy atom. The van der Waals surface area contributed by atoms with Crippen LogP contribution in [0.1, 0.15) is 38.7 Å². The zero-order valence-electron chi connectivity index (χ0n) is 11.1. The van der Waals surface area contributed by atoms with Crippen molar-refractivity contribution in [2.45, 2.75) is 33.1 Å². The first-order valence-corrected chi connectivity index (χ1v) is 6.12. The Morgan fingerprint density at radius 2 is 1.94 bits per heavy atom. The fourth-order valence-corrected chi connectivity index (χ4v) is 1.80. The number of hydrogen-bond acceptors (Lipinski definition) is 3. The maximum absolute atomic E-state index is 11.6. The smallest absolute Gasteiger partial charge is 0.306 e. The van der Waals surface area contributed by atoms with Crippen molar-refractivity contribution >= 4 is 5.97 Å². The average molecular weight is 248 g/mol. The van der Waals surface area contributed by atoms with Crippen LogP contribution < -0.4 is 0 Å². The fourth-order valence-electron chi connectivity index (χ4n) is 1.80. The Labute approximate surface area is 108 Å². The number of hydrogen-bond donors (Lipinski definition) is 1. The zero-order valence-corrected chi connectivity index (χ0v) is 11.1.